The van der Waals surface area contributed by atoms with Gasteiger partial charge in [0, 0.05) is 37.7 Å². The largest absolute Gasteiger partial charge is 0.350 e. The lowest BCUT2D eigenvalue weighted by molar-refractivity contribution is -0.130. The van der Waals surface area contributed by atoms with E-state index in [1.807, 2.05) is 53.4 Å². The highest BCUT2D eigenvalue weighted by Gasteiger charge is 2.30. The second kappa shape index (κ2) is 8.47. The number of nitrogens with zero attached hydrogens (tertiary/aromatic N) is 2. The predicted molar refractivity (Wildman–Crippen MR) is 109 cm³/mol. The van der Waals surface area contributed by atoms with Crippen LogP contribution in [0, 0.1) is 0 Å². The Morgan fingerprint density at radius 2 is 1.79 bits per heavy atom. The van der Waals surface area contributed by atoms with Crippen molar-refractivity contribution in [1.29, 1.82) is 0 Å². The van der Waals surface area contributed by atoms with E-state index in [0.29, 0.717) is 31.6 Å². The lowest BCUT2D eigenvalue weighted by atomic mass is 10.1. The van der Waals surface area contributed by atoms with Gasteiger partial charge in [-0.25, -0.2) is 0 Å². The monoisotopic (exact) mass is 391 g/mol. The number of fused-ring (bicyclic) bond motifs is 1. The number of nitrogens with one attached hydrogen (secondary N) is 1. The standard InChI is InChI=1S/C23H25N3O3/c27-21(16-26-14-18-8-4-5-9-20(18)23(26)29)24-19-12-13-25(15-19)22(28)11-10-17-6-2-1-3-7-17/h1-9,19H,10-16H2,(H,24,27). The summed E-state index contributed by atoms with van der Waals surface area (Å²) in [4.78, 5) is 40.7. The fourth-order valence-electron chi connectivity index (χ4n) is 4.05. The Bertz CT molecular complexity index is 913. The topological polar surface area (TPSA) is 69.7 Å². The minimum absolute atomic E-state index is 0.0476. The molecule has 1 unspecified atom stereocenters. The smallest absolute Gasteiger partial charge is 0.254 e. The summed E-state index contributed by atoms with van der Waals surface area (Å²) >= 11 is 0. The molecule has 1 N–H and O–H groups in total. The van der Waals surface area contributed by atoms with Crippen LogP contribution in [-0.2, 0) is 22.6 Å². The van der Waals surface area contributed by atoms with Crippen molar-refractivity contribution >= 4 is 17.7 Å². The highest BCUT2D eigenvalue weighted by atomic mass is 16.2. The van der Waals surface area contributed by atoms with E-state index < -0.39 is 0 Å². The van der Waals surface area contributed by atoms with E-state index in [-0.39, 0.29) is 30.3 Å². The van der Waals surface area contributed by atoms with Gasteiger partial charge in [-0.15, -0.1) is 0 Å². The fourth-order valence-corrected chi connectivity index (χ4v) is 4.05. The first-order valence-electron chi connectivity index (χ1n) is 10.1. The third-order valence-corrected chi connectivity index (χ3v) is 5.61. The van der Waals surface area contributed by atoms with Crippen LogP contribution in [0.4, 0.5) is 0 Å². The number of amides is 3. The zero-order valence-electron chi connectivity index (χ0n) is 16.3. The zero-order chi connectivity index (χ0) is 20.2. The fraction of sp³-hybridized carbons (Fsp3) is 0.348. The molecule has 29 heavy (non-hydrogen) atoms. The van der Waals surface area contributed by atoms with Crippen LogP contribution in [0.1, 0.15) is 34.3 Å². The molecule has 0 radical (unpaired) electrons. The highest BCUT2D eigenvalue weighted by molar-refractivity contribution is 6.00. The lowest BCUT2D eigenvalue weighted by Crippen LogP contribution is -2.43. The van der Waals surface area contributed by atoms with Crippen LogP contribution in [0.3, 0.4) is 0 Å². The SMILES string of the molecule is O=C(CN1Cc2ccccc2C1=O)NC1CCN(C(=O)CCc2ccccc2)C1. The normalized spacial score (nSPS) is 18.1. The summed E-state index contributed by atoms with van der Waals surface area (Å²) < 4.78 is 0. The van der Waals surface area contributed by atoms with Gasteiger partial charge in [-0.05, 0) is 30.0 Å². The van der Waals surface area contributed by atoms with Crippen LogP contribution in [0.25, 0.3) is 0 Å². The maximum atomic E-state index is 12.5. The molecule has 0 aliphatic carbocycles. The van der Waals surface area contributed by atoms with E-state index >= 15 is 0 Å². The summed E-state index contributed by atoms with van der Waals surface area (Å²) in [7, 11) is 0. The van der Waals surface area contributed by atoms with Crippen LogP contribution < -0.4 is 5.32 Å². The maximum Gasteiger partial charge on any atom is 0.254 e. The molecule has 2 aromatic rings. The Labute approximate surface area is 170 Å². The van der Waals surface area contributed by atoms with Gasteiger partial charge in [-0.2, -0.15) is 0 Å². The highest BCUT2D eigenvalue weighted by Crippen LogP contribution is 2.22. The number of aryl methyl sites for hydroxylation is 1. The number of carbonyl (C=O) groups excluding carboxylic acids is 3. The van der Waals surface area contributed by atoms with Gasteiger partial charge in [0.2, 0.25) is 11.8 Å². The van der Waals surface area contributed by atoms with Gasteiger partial charge in [-0.1, -0.05) is 48.5 Å². The lowest BCUT2D eigenvalue weighted by Gasteiger charge is -2.19. The molecular formula is C23H25N3O3. The van der Waals surface area contributed by atoms with Gasteiger partial charge < -0.3 is 15.1 Å². The molecule has 1 fully saturated rings. The van der Waals surface area contributed by atoms with Crippen LogP contribution in [0.2, 0.25) is 0 Å². The summed E-state index contributed by atoms with van der Waals surface area (Å²) in [5, 5.41) is 2.99. The summed E-state index contributed by atoms with van der Waals surface area (Å²) in [6, 6.07) is 17.4. The van der Waals surface area contributed by atoms with Crippen molar-refractivity contribution < 1.29 is 14.4 Å². The maximum absolute atomic E-state index is 12.5. The van der Waals surface area contributed by atoms with E-state index in [4.69, 9.17) is 0 Å². The Kier molecular flexibility index (Phi) is 5.60. The second-order valence-electron chi connectivity index (χ2n) is 7.70. The second-order valence-corrected chi connectivity index (χ2v) is 7.70. The van der Waals surface area contributed by atoms with E-state index in [1.54, 1.807) is 11.0 Å². The van der Waals surface area contributed by atoms with Crippen LogP contribution in [-0.4, -0.2) is 53.2 Å². The first-order chi connectivity index (χ1) is 14.1. The number of hydrogen-bond donors (Lipinski definition) is 1. The third kappa shape index (κ3) is 4.47. The summed E-state index contributed by atoms with van der Waals surface area (Å²) in [5.41, 5.74) is 2.79. The minimum atomic E-state index is -0.172. The van der Waals surface area contributed by atoms with Gasteiger partial charge in [0.1, 0.15) is 6.54 Å². The van der Waals surface area contributed by atoms with Crippen molar-refractivity contribution in [1.82, 2.24) is 15.1 Å². The van der Waals surface area contributed by atoms with Crippen LogP contribution in [0.15, 0.2) is 54.6 Å². The van der Waals surface area contributed by atoms with Crippen molar-refractivity contribution in [3.63, 3.8) is 0 Å². The van der Waals surface area contributed by atoms with E-state index in [2.05, 4.69) is 5.32 Å². The molecule has 0 saturated carbocycles. The first-order valence-corrected chi connectivity index (χ1v) is 10.1. The zero-order valence-corrected chi connectivity index (χ0v) is 16.3. The van der Waals surface area contributed by atoms with Crippen molar-refractivity contribution in [2.45, 2.75) is 31.8 Å². The summed E-state index contributed by atoms with van der Waals surface area (Å²) in [5.74, 6) is -0.148. The van der Waals surface area contributed by atoms with Crippen LogP contribution >= 0.6 is 0 Å². The molecule has 2 heterocycles. The number of benzene rings is 2. The molecule has 6 nitrogen and oxygen atoms in total. The molecule has 4 rings (SSSR count). The quantitative estimate of drug-likeness (QED) is 0.819. The van der Waals surface area contributed by atoms with Crippen molar-refractivity contribution in [2.75, 3.05) is 19.6 Å². The molecule has 0 aromatic heterocycles. The molecule has 0 bridgehead atoms. The molecule has 2 aliphatic heterocycles. The molecule has 1 saturated heterocycles. The van der Waals surface area contributed by atoms with Crippen molar-refractivity contribution in [3.05, 3.63) is 71.3 Å². The average molecular weight is 391 g/mol. The summed E-state index contributed by atoms with van der Waals surface area (Å²) in [6.07, 6.45) is 1.95. The van der Waals surface area contributed by atoms with Gasteiger partial charge >= 0.3 is 0 Å². The Balaban J connectivity index is 1.22. The van der Waals surface area contributed by atoms with Crippen LogP contribution in [0.5, 0.6) is 0 Å². The average Bonchev–Trinajstić information content (AvgIpc) is 3.32. The van der Waals surface area contributed by atoms with Gasteiger partial charge in [-0.3, -0.25) is 14.4 Å². The Morgan fingerprint density at radius 1 is 1.03 bits per heavy atom. The van der Waals surface area contributed by atoms with Crippen molar-refractivity contribution in [3.8, 4) is 0 Å². The Morgan fingerprint density at radius 3 is 2.59 bits per heavy atom. The third-order valence-electron chi connectivity index (χ3n) is 5.61. The predicted octanol–water partition coefficient (Wildman–Crippen LogP) is 1.99. The first kappa shape index (κ1) is 19.2. The molecular weight excluding hydrogens is 366 g/mol. The number of carbonyl (C=O) groups is 3. The van der Waals surface area contributed by atoms with Gasteiger partial charge in [0.05, 0.1) is 0 Å². The molecule has 3 amide bonds. The van der Waals surface area contributed by atoms with E-state index in [9.17, 15) is 14.4 Å². The molecule has 150 valence electrons. The number of likely N-dealkylation sites (tertiary alicyclic amines) is 1. The van der Waals surface area contributed by atoms with Gasteiger partial charge in [0.25, 0.3) is 5.91 Å². The van der Waals surface area contributed by atoms with E-state index in [0.717, 1.165) is 24.0 Å². The summed E-state index contributed by atoms with van der Waals surface area (Å²) in [6.45, 7) is 1.71. The number of rotatable bonds is 6. The molecule has 6 heteroatoms. The molecule has 2 aromatic carbocycles. The molecule has 2 aliphatic rings. The minimum Gasteiger partial charge on any atom is -0.350 e. The van der Waals surface area contributed by atoms with Gasteiger partial charge in [0.15, 0.2) is 0 Å². The molecule has 0 spiro atoms. The Hall–Kier alpha value is -3.15. The molecule has 1 atom stereocenters. The van der Waals surface area contributed by atoms with Crippen molar-refractivity contribution in [2.24, 2.45) is 0 Å². The number of hydrogen-bond acceptors (Lipinski definition) is 3. The van der Waals surface area contributed by atoms with E-state index in [1.165, 1.54) is 0 Å².